The summed E-state index contributed by atoms with van der Waals surface area (Å²) in [5, 5.41) is 16.6. The first-order valence-electron chi connectivity index (χ1n) is 6.05. The van der Waals surface area contributed by atoms with Gasteiger partial charge in [-0.05, 0) is 19.3 Å². The van der Waals surface area contributed by atoms with E-state index in [-0.39, 0.29) is 12.8 Å². The largest absolute Gasteiger partial charge is 0.481 e. The molecule has 0 aromatic heterocycles. The van der Waals surface area contributed by atoms with E-state index in [1.165, 1.54) is 4.31 Å². The zero-order valence-electron chi connectivity index (χ0n) is 10.4. The molecule has 0 radical (unpaired) electrons. The Balaban J connectivity index is 2.96. The van der Waals surface area contributed by atoms with Crippen LogP contribution in [0.4, 0.5) is 0 Å². The number of aliphatic carboxylic acids is 1. The second kappa shape index (κ2) is 6.16. The third-order valence-corrected chi connectivity index (χ3v) is 5.48. The maximum absolute atomic E-state index is 12.3. The minimum atomic E-state index is -3.71. The smallest absolute Gasteiger partial charge is 0.304 e. The number of piperidine rings is 1. The normalized spacial score (nSPS) is 23.2. The molecule has 0 aromatic carbocycles. The second-order valence-electron chi connectivity index (χ2n) is 4.43. The van der Waals surface area contributed by atoms with Crippen molar-refractivity contribution in [3.8, 4) is 6.07 Å². The monoisotopic (exact) mass is 274 g/mol. The Bertz CT molecular complexity index is 440. The van der Waals surface area contributed by atoms with Gasteiger partial charge in [0.15, 0.2) is 5.25 Å². The third kappa shape index (κ3) is 3.21. The standard InChI is InChI=1S/C11H18N2O4S/c1-2-10(8-12)18(16,17)13-6-4-3-5-9(13)7-11(14)15/h9-10H,2-7H2,1H3,(H,14,15). The van der Waals surface area contributed by atoms with Crippen LogP contribution in [-0.2, 0) is 14.8 Å². The van der Waals surface area contributed by atoms with Crippen molar-refractivity contribution in [2.75, 3.05) is 6.54 Å². The molecule has 2 unspecified atom stereocenters. The number of carboxylic acids is 1. The van der Waals surface area contributed by atoms with E-state index >= 15 is 0 Å². The van der Waals surface area contributed by atoms with Gasteiger partial charge < -0.3 is 5.11 Å². The summed E-state index contributed by atoms with van der Waals surface area (Å²) in [5.41, 5.74) is 0. The zero-order chi connectivity index (χ0) is 13.8. The molecule has 0 amide bonds. The van der Waals surface area contributed by atoms with Gasteiger partial charge in [-0.1, -0.05) is 13.3 Å². The highest BCUT2D eigenvalue weighted by Crippen LogP contribution is 2.25. The number of carbonyl (C=O) groups is 1. The average molecular weight is 274 g/mol. The number of carboxylic acid groups (broad SMARTS) is 1. The maximum Gasteiger partial charge on any atom is 0.304 e. The van der Waals surface area contributed by atoms with Crippen molar-refractivity contribution in [2.45, 2.75) is 50.3 Å². The van der Waals surface area contributed by atoms with Crippen molar-refractivity contribution in [3.05, 3.63) is 0 Å². The molecule has 0 aromatic rings. The number of sulfonamides is 1. The van der Waals surface area contributed by atoms with Crippen molar-refractivity contribution >= 4 is 16.0 Å². The molecule has 18 heavy (non-hydrogen) atoms. The number of rotatable bonds is 5. The second-order valence-corrected chi connectivity index (χ2v) is 6.50. The predicted octanol–water partition coefficient (Wildman–Crippen LogP) is 0.948. The predicted molar refractivity (Wildman–Crippen MR) is 65.2 cm³/mol. The lowest BCUT2D eigenvalue weighted by Gasteiger charge is -2.34. The van der Waals surface area contributed by atoms with E-state index in [4.69, 9.17) is 10.4 Å². The highest BCUT2D eigenvalue weighted by atomic mass is 32.2. The van der Waals surface area contributed by atoms with Crippen LogP contribution >= 0.6 is 0 Å². The molecule has 0 spiro atoms. The molecule has 0 aliphatic carbocycles. The first-order chi connectivity index (χ1) is 8.43. The van der Waals surface area contributed by atoms with Crippen molar-refractivity contribution in [2.24, 2.45) is 0 Å². The molecule has 1 fully saturated rings. The van der Waals surface area contributed by atoms with Gasteiger partial charge in [0, 0.05) is 12.6 Å². The van der Waals surface area contributed by atoms with Crippen LogP contribution in [0.2, 0.25) is 0 Å². The van der Waals surface area contributed by atoms with Crippen molar-refractivity contribution in [3.63, 3.8) is 0 Å². The fourth-order valence-electron chi connectivity index (χ4n) is 2.25. The van der Waals surface area contributed by atoms with E-state index in [0.717, 1.165) is 12.8 Å². The summed E-state index contributed by atoms with van der Waals surface area (Å²) in [6.45, 7) is 1.96. The van der Waals surface area contributed by atoms with Crippen LogP contribution in [0.5, 0.6) is 0 Å². The molecule has 2 atom stereocenters. The molecule has 0 saturated carbocycles. The van der Waals surface area contributed by atoms with Gasteiger partial charge in [-0.15, -0.1) is 0 Å². The Morgan fingerprint density at radius 2 is 2.22 bits per heavy atom. The summed E-state index contributed by atoms with van der Waals surface area (Å²) in [6.07, 6.45) is 2.12. The van der Waals surface area contributed by atoms with Crippen molar-refractivity contribution < 1.29 is 18.3 Å². The van der Waals surface area contributed by atoms with Crippen molar-refractivity contribution in [1.82, 2.24) is 4.31 Å². The molecule has 0 bridgehead atoms. The van der Waals surface area contributed by atoms with Gasteiger partial charge in [-0.2, -0.15) is 9.57 Å². The van der Waals surface area contributed by atoms with Gasteiger partial charge in [0.2, 0.25) is 10.0 Å². The topological polar surface area (TPSA) is 98.5 Å². The van der Waals surface area contributed by atoms with E-state index in [2.05, 4.69) is 0 Å². The lowest BCUT2D eigenvalue weighted by molar-refractivity contribution is -0.138. The summed E-state index contributed by atoms with van der Waals surface area (Å²) in [5.74, 6) is -1.01. The third-order valence-electron chi connectivity index (χ3n) is 3.18. The minimum absolute atomic E-state index is 0.193. The molecule has 1 aliphatic rings. The lowest BCUT2D eigenvalue weighted by atomic mass is 10.0. The quantitative estimate of drug-likeness (QED) is 0.804. The van der Waals surface area contributed by atoms with Gasteiger partial charge in [-0.25, -0.2) is 8.42 Å². The number of hydrogen-bond donors (Lipinski definition) is 1. The fourth-order valence-corrected chi connectivity index (χ4v) is 4.11. The van der Waals surface area contributed by atoms with Gasteiger partial charge in [-0.3, -0.25) is 4.79 Å². The molecule has 6 nitrogen and oxygen atoms in total. The number of nitrogens with zero attached hydrogens (tertiary/aromatic N) is 2. The van der Waals surface area contributed by atoms with Crippen LogP contribution in [-0.4, -0.2) is 41.6 Å². The van der Waals surface area contributed by atoms with Crippen LogP contribution < -0.4 is 0 Å². The Morgan fingerprint density at radius 3 is 2.72 bits per heavy atom. The summed E-state index contributed by atoms with van der Waals surface area (Å²) in [4.78, 5) is 10.8. The molecule has 1 saturated heterocycles. The molecule has 7 heteroatoms. The Hall–Kier alpha value is -1.13. The Morgan fingerprint density at radius 1 is 1.56 bits per heavy atom. The first-order valence-corrected chi connectivity index (χ1v) is 7.55. The van der Waals surface area contributed by atoms with Gasteiger partial charge >= 0.3 is 5.97 Å². The molecule has 1 N–H and O–H groups in total. The van der Waals surface area contributed by atoms with Crippen LogP contribution in [0, 0.1) is 11.3 Å². The summed E-state index contributed by atoms with van der Waals surface area (Å²) in [7, 11) is -3.71. The number of hydrogen-bond acceptors (Lipinski definition) is 4. The molecule has 1 heterocycles. The first kappa shape index (κ1) is 14.9. The van der Waals surface area contributed by atoms with Crippen LogP contribution in [0.25, 0.3) is 0 Å². The van der Waals surface area contributed by atoms with Crippen LogP contribution in [0.15, 0.2) is 0 Å². The van der Waals surface area contributed by atoms with Crippen LogP contribution in [0.1, 0.15) is 39.0 Å². The van der Waals surface area contributed by atoms with E-state index in [9.17, 15) is 13.2 Å². The molecular formula is C11H18N2O4S. The van der Waals surface area contributed by atoms with E-state index in [1.807, 2.05) is 0 Å². The molecule has 1 rings (SSSR count). The lowest BCUT2D eigenvalue weighted by Crippen LogP contribution is -2.48. The SMILES string of the molecule is CCC(C#N)S(=O)(=O)N1CCCCC1CC(=O)O. The molecule has 102 valence electrons. The summed E-state index contributed by atoms with van der Waals surface area (Å²) in [6, 6.07) is 1.28. The average Bonchev–Trinajstić information content (AvgIpc) is 2.30. The summed E-state index contributed by atoms with van der Waals surface area (Å²) < 4.78 is 25.7. The van der Waals surface area contributed by atoms with E-state index < -0.39 is 27.3 Å². The maximum atomic E-state index is 12.3. The van der Waals surface area contributed by atoms with Gasteiger partial charge in [0.25, 0.3) is 0 Å². The minimum Gasteiger partial charge on any atom is -0.481 e. The highest BCUT2D eigenvalue weighted by Gasteiger charge is 2.37. The Labute approximate surface area is 107 Å². The van der Waals surface area contributed by atoms with Crippen LogP contribution in [0.3, 0.4) is 0 Å². The van der Waals surface area contributed by atoms with E-state index in [1.54, 1.807) is 13.0 Å². The molecular weight excluding hydrogens is 256 g/mol. The highest BCUT2D eigenvalue weighted by molar-refractivity contribution is 7.90. The Kier molecular flexibility index (Phi) is 5.11. The van der Waals surface area contributed by atoms with Gasteiger partial charge in [0.05, 0.1) is 12.5 Å². The van der Waals surface area contributed by atoms with Crippen molar-refractivity contribution in [1.29, 1.82) is 5.26 Å². The molecule has 1 aliphatic heterocycles. The number of nitriles is 1. The summed E-state index contributed by atoms with van der Waals surface area (Å²) >= 11 is 0. The van der Waals surface area contributed by atoms with Gasteiger partial charge in [0.1, 0.15) is 0 Å². The van der Waals surface area contributed by atoms with E-state index in [0.29, 0.717) is 13.0 Å². The fraction of sp³-hybridized carbons (Fsp3) is 0.818. The zero-order valence-corrected chi connectivity index (χ0v) is 11.2.